The lowest BCUT2D eigenvalue weighted by molar-refractivity contribution is -0.123. The highest BCUT2D eigenvalue weighted by Crippen LogP contribution is 2.32. The second kappa shape index (κ2) is 7.65. The van der Waals surface area contributed by atoms with Crippen molar-refractivity contribution in [3.05, 3.63) is 59.7 Å². The van der Waals surface area contributed by atoms with Gasteiger partial charge in [-0.2, -0.15) is 0 Å². The number of hydrogen-bond acceptors (Lipinski definition) is 4. The van der Waals surface area contributed by atoms with Crippen LogP contribution in [0.3, 0.4) is 0 Å². The van der Waals surface area contributed by atoms with Crippen molar-refractivity contribution in [3.63, 3.8) is 0 Å². The third-order valence-corrected chi connectivity index (χ3v) is 3.73. The van der Waals surface area contributed by atoms with Crippen LogP contribution in [0.1, 0.15) is 17.2 Å². The van der Waals surface area contributed by atoms with E-state index in [1.165, 1.54) is 0 Å². The molecule has 0 saturated carbocycles. The summed E-state index contributed by atoms with van der Waals surface area (Å²) in [6.07, 6.45) is 0. The third kappa shape index (κ3) is 3.81. The van der Waals surface area contributed by atoms with Crippen LogP contribution in [0.4, 0.5) is 0 Å². The first-order valence-electron chi connectivity index (χ1n) is 7.32. The van der Waals surface area contributed by atoms with E-state index in [1.54, 1.807) is 14.2 Å². The van der Waals surface area contributed by atoms with E-state index < -0.39 is 6.04 Å². The summed E-state index contributed by atoms with van der Waals surface area (Å²) >= 11 is 0. The molecule has 0 bridgehead atoms. The molecule has 0 aromatic heterocycles. The van der Waals surface area contributed by atoms with E-state index in [4.69, 9.17) is 15.2 Å². The smallest absolute Gasteiger partial charge is 0.239 e. The number of carbonyl (C=O) groups is 1. The Morgan fingerprint density at radius 1 is 1.09 bits per heavy atom. The van der Waals surface area contributed by atoms with Gasteiger partial charge in [0.25, 0.3) is 0 Å². The Morgan fingerprint density at radius 3 is 2.35 bits per heavy atom. The van der Waals surface area contributed by atoms with Crippen LogP contribution in [0.15, 0.2) is 48.5 Å². The zero-order valence-electron chi connectivity index (χ0n) is 13.7. The highest BCUT2D eigenvalue weighted by Gasteiger charge is 2.24. The van der Waals surface area contributed by atoms with Gasteiger partial charge in [0.2, 0.25) is 5.91 Å². The molecule has 2 aromatic carbocycles. The normalized spacial score (nSPS) is 12.0. The van der Waals surface area contributed by atoms with Gasteiger partial charge in [0, 0.05) is 12.1 Å². The van der Waals surface area contributed by atoms with E-state index in [9.17, 15) is 4.79 Å². The number of ether oxygens (including phenoxy) is 2. The molecule has 0 aliphatic carbocycles. The Kier molecular flexibility index (Phi) is 5.60. The van der Waals surface area contributed by atoms with Crippen LogP contribution in [0, 0.1) is 0 Å². The van der Waals surface area contributed by atoms with Crippen LogP contribution in [0.25, 0.3) is 0 Å². The molecule has 122 valence electrons. The number of benzene rings is 2. The Bertz CT molecular complexity index is 659. The minimum absolute atomic E-state index is 0.388. The Balaban J connectivity index is 2.30. The number of para-hydroxylation sites is 1. The predicted octanol–water partition coefficient (Wildman–Crippen LogP) is 2.36. The van der Waals surface area contributed by atoms with Crippen LogP contribution in [0.5, 0.6) is 11.5 Å². The molecule has 0 aliphatic heterocycles. The van der Waals surface area contributed by atoms with Crippen molar-refractivity contribution >= 4 is 5.91 Å². The fourth-order valence-electron chi connectivity index (χ4n) is 2.71. The number of hydrogen-bond donors (Lipinski definition) is 1. The number of carbonyl (C=O) groups excluding carboxylic acids is 1. The number of likely N-dealkylation sites (N-methyl/N-ethyl adjacent to an activating group) is 1. The number of nitrogens with zero attached hydrogens (tertiary/aromatic N) is 1. The van der Waals surface area contributed by atoms with E-state index in [0.717, 1.165) is 11.1 Å². The van der Waals surface area contributed by atoms with Crippen LogP contribution >= 0.6 is 0 Å². The lowest BCUT2D eigenvalue weighted by atomic mass is 10.0. The maximum Gasteiger partial charge on any atom is 0.239 e. The average Bonchev–Trinajstić information content (AvgIpc) is 2.55. The molecule has 2 aromatic rings. The van der Waals surface area contributed by atoms with E-state index in [1.807, 2.05) is 60.5 Å². The minimum Gasteiger partial charge on any atom is -0.493 e. The second-order valence-corrected chi connectivity index (χ2v) is 5.28. The third-order valence-electron chi connectivity index (χ3n) is 3.73. The van der Waals surface area contributed by atoms with Crippen molar-refractivity contribution < 1.29 is 14.3 Å². The van der Waals surface area contributed by atoms with E-state index in [0.29, 0.717) is 18.0 Å². The molecule has 5 heteroatoms. The van der Waals surface area contributed by atoms with Crippen molar-refractivity contribution in [1.82, 2.24) is 4.90 Å². The lowest BCUT2D eigenvalue weighted by Gasteiger charge is -2.26. The number of rotatable bonds is 7. The average molecular weight is 314 g/mol. The molecule has 2 rings (SSSR count). The molecule has 0 saturated heterocycles. The highest BCUT2D eigenvalue weighted by molar-refractivity contribution is 5.81. The number of amides is 1. The van der Waals surface area contributed by atoms with E-state index in [-0.39, 0.29) is 5.91 Å². The van der Waals surface area contributed by atoms with Gasteiger partial charge in [-0.3, -0.25) is 9.69 Å². The maximum atomic E-state index is 11.9. The summed E-state index contributed by atoms with van der Waals surface area (Å²) in [5, 5.41) is 0. The van der Waals surface area contributed by atoms with Crippen LogP contribution in [-0.4, -0.2) is 32.1 Å². The van der Waals surface area contributed by atoms with E-state index in [2.05, 4.69) is 0 Å². The first kappa shape index (κ1) is 16.8. The number of nitrogens with two attached hydrogens (primary N) is 1. The topological polar surface area (TPSA) is 64.8 Å². The zero-order chi connectivity index (χ0) is 16.8. The molecular weight excluding hydrogens is 292 g/mol. The summed E-state index contributed by atoms with van der Waals surface area (Å²) in [5.74, 6) is 0.937. The van der Waals surface area contributed by atoms with Crippen LogP contribution in [0.2, 0.25) is 0 Å². The number of methoxy groups -OCH3 is 2. The molecule has 23 heavy (non-hydrogen) atoms. The standard InChI is InChI=1S/C18H22N2O3/c1-20(16(18(19)21)13-8-5-4-6-9-13)12-14-10-7-11-15(22-2)17(14)23-3/h4-11,16H,12H2,1-3H3,(H2,19,21)/t16-/m0/s1. The molecule has 0 radical (unpaired) electrons. The molecule has 0 aliphatic rings. The SMILES string of the molecule is COc1cccc(CN(C)[C@H](C(N)=O)c2ccccc2)c1OC. The van der Waals surface area contributed by atoms with Crippen molar-refractivity contribution in [3.8, 4) is 11.5 Å². The monoisotopic (exact) mass is 314 g/mol. The molecule has 0 unspecified atom stereocenters. The Morgan fingerprint density at radius 2 is 1.78 bits per heavy atom. The summed E-state index contributed by atoms with van der Waals surface area (Å²) in [7, 11) is 5.06. The lowest BCUT2D eigenvalue weighted by Crippen LogP contribution is -2.35. The Hall–Kier alpha value is -2.53. The molecule has 2 N–H and O–H groups in total. The summed E-state index contributed by atoms with van der Waals surface area (Å²) < 4.78 is 10.8. The molecule has 1 atom stereocenters. The summed E-state index contributed by atoms with van der Waals surface area (Å²) in [6.45, 7) is 0.503. The van der Waals surface area contributed by atoms with Crippen molar-refractivity contribution in [2.24, 2.45) is 5.73 Å². The Labute approximate surface area is 136 Å². The van der Waals surface area contributed by atoms with Crippen molar-refractivity contribution in [1.29, 1.82) is 0 Å². The molecular formula is C18H22N2O3. The first-order valence-corrected chi connectivity index (χ1v) is 7.32. The molecule has 0 heterocycles. The highest BCUT2D eigenvalue weighted by atomic mass is 16.5. The van der Waals surface area contributed by atoms with Gasteiger partial charge in [0.1, 0.15) is 6.04 Å². The summed E-state index contributed by atoms with van der Waals surface area (Å²) in [4.78, 5) is 13.8. The van der Waals surface area contributed by atoms with Gasteiger partial charge in [-0.05, 0) is 18.7 Å². The van der Waals surface area contributed by atoms with Gasteiger partial charge in [0.15, 0.2) is 11.5 Å². The quantitative estimate of drug-likeness (QED) is 0.852. The summed E-state index contributed by atoms with van der Waals surface area (Å²) in [5.41, 5.74) is 7.41. The van der Waals surface area contributed by atoms with Gasteiger partial charge in [-0.15, -0.1) is 0 Å². The van der Waals surface area contributed by atoms with Gasteiger partial charge < -0.3 is 15.2 Å². The maximum absolute atomic E-state index is 11.9. The van der Waals surface area contributed by atoms with Gasteiger partial charge in [-0.25, -0.2) is 0 Å². The largest absolute Gasteiger partial charge is 0.493 e. The molecule has 0 fully saturated rings. The fourth-order valence-corrected chi connectivity index (χ4v) is 2.71. The van der Waals surface area contributed by atoms with Crippen LogP contribution < -0.4 is 15.2 Å². The minimum atomic E-state index is -0.507. The van der Waals surface area contributed by atoms with Gasteiger partial charge in [-0.1, -0.05) is 42.5 Å². The van der Waals surface area contributed by atoms with E-state index >= 15 is 0 Å². The molecule has 5 nitrogen and oxygen atoms in total. The number of primary amides is 1. The van der Waals surface area contributed by atoms with Gasteiger partial charge >= 0.3 is 0 Å². The molecule has 0 spiro atoms. The fraction of sp³-hybridized carbons (Fsp3) is 0.278. The zero-order valence-corrected chi connectivity index (χ0v) is 13.7. The summed E-state index contributed by atoms with van der Waals surface area (Å²) in [6, 6.07) is 14.7. The first-order chi connectivity index (χ1) is 11.1. The van der Waals surface area contributed by atoms with Gasteiger partial charge in [0.05, 0.1) is 14.2 Å². The van der Waals surface area contributed by atoms with Crippen molar-refractivity contribution in [2.75, 3.05) is 21.3 Å². The molecule has 1 amide bonds. The second-order valence-electron chi connectivity index (χ2n) is 5.28. The van der Waals surface area contributed by atoms with Crippen LogP contribution in [-0.2, 0) is 11.3 Å². The predicted molar refractivity (Wildman–Crippen MR) is 89.4 cm³/mol. The van der Waals surface area contributed by atoms with Crippen molar-refractivity contribution in [2.45, 2.75) is 12.6 Å².